The first-order valence-corrected chi connectivity index (χ1v) is 6.21. The third-order valence-corrected chi connectivity index (χ3v) is 3.86. The molecule has 0 aromatic carbocycles. The van der Waals surface area contributed by atoms with Crippen LogP contribution in [-0.2, 0) is 6.54 Å². The molecule has 1 heterocycles. The Hall–Kier alpha value is -0.790. The molecule has 1 aliphatic carbocycles. The van der Waals surface area contributed by atoms with Crippen LogP contribution in [0.2, 0.25) is 0 Å². The van der Waals surface area contributed by atoms with Crippen LogP contribution in [0.25, 0.3) is 0 Å². The predicted octanol–water partition coefficient (Wildman–Crippen LogP) is 3.35. The van der Waals surface area contributed by atoms with Crippen LogP contribution in [0.1, 0.15) is 39.5 Å². The minimum atomic E-state index is 0.874. The third-order valence-electron chi connectivity index (χ3n) is 3.86. The maximum Gasteiger partial charge on any atom is 0.0945 e. The zero-order valence-corrected chi connectivity index (χ0v) is 9.89. The molecule has 0 bridgehead atoms. The van der Waals surface area contributed by atoms with Gasteiger partial charge in [-0.25, -0.2) is 4.98 Å². The zero-order chi connectivity index (χ0) is 10.7. The van der Waals surface area contributed by atoms with Gasteiger partial charge in [0.2, 0.25) is 0 Å². The van der Waals surface area contributed by atoms with Crippen molar-refractivity contribution in [1.82, 2.24) is 9.55 Å². The van der Waals surface area contributed by atoms with Crippen LogP contribution < -0.4 is 0 Å². The maximum absolute atomic E-state index is 4.09. The molecule has 0 radical (unpaired) electrons. The summed E-state index contributed by atoms with van der Waals surface area (Å²) in [4.78, 5) is 4.09. The van der Waals surface area contributed by atoms with Crippen molar-refractivity contribution in [3.63, 3.8) is 0 Å². The lowest BCUT2D eigenvalue weighted by atomic mass is 9.77. The first kappa shape index (κ1) is 10.7. The van der Waals surface area contributed by atoms with Crippen LogP contribution in [0.15, 0.2) is 18.7 Å². The van der Waals surface area contributed by atoms with Crippen LogP contribution >= 0.6 is 0 Å². The molecule has 1 fully saturated rings. The summed E-state index contributed by atoms with van der Waals surface area (Å²) in [5, 5.41) is 0. The number of rotatable bonds is 3. The van der Waals surface area contributed by atoms with Crippen LogP contribution in [0.4, 0.5) is 0 Å². The largest absolute Gasteiger partial charge is 0.337 e. The number of aromatic nitrogens is 2. The van der Waals surface area contributed by atoms with E-state index < -0.39 is 0 Å². The Morgan fingerprint density at radius 2 is 2.00 bits per heavy atom. The number of hydrogen-bond donors (Lipinski definition) is 0. The van der Waals surface area contributed by atoms with Crippen molar-refractivity contribution in [2.75, 3.05) is 0 Å². The summed E-state index contributed by atoms with van der Waals surface area (Å²) in [5.74, 6) is 2.73. The van der Waals surface area contributed by atoms with Gasteiger partial charge in [0.1, 0.15) is 0 Å². The van der Waals surface area contributed by atoms with Crippen molar-refractivity contribution < 1.29 is 0 Å². The van der Waals surface area contributed by atoms with Crippen LogP contribution in [0.5, 0.6) is 0 Å². The zero-order valence-electron chi connectivity index (χ0n) is 9.89. The van der Waals surface area contributed by atoms with Crippen molar-refractivity contribution in [3.8, 4) is 0 Å². The van der Waals surface area contributed by atoms with E-state index >= 15 is 0 Å². The molecule has 0 amide bonds. The van der Waals surface area contributed by atoms with Crippen molar-refractivity contribution in [1.29, 1.82) is 0 Å². The lowest BCUT2D eigenvalue weighted by Gasteiger charge is -2.30. The van der Waals surface area contributed by atoms with E-state index in [4.69, 9.17) is 0 Å². The van der Waals surface area contributed by atoms with E-state index in [2.05, 4.69) is 29.6 Å². The maximum atomic E-state index is 4.09. The molecule has 0 spiro atoms. The molecule has 1 aromatic rings. The average molecular weight is 206 g/mol. The van der Waals surface area contributed by atoms with Crippen LogP contribution in [0.3, 0.4) is 0 Å². The van der Waals surface area contributed by atoms with E-state index in [1.165, 1.54) is 32.2 Å². The van der Waals surface area contributed by atoms with Crippen molar-refractivity contribution in [2.45, 2.75) is 46.1 Å². The van der Waals surface area contributed by atoms with Crippen LogP contribution in [0, 0.1) is 17.8 Å². The molecule has 1 aromatic heterocycles. The average Bonchev–Trinajstić information content (AvgIpc) is 2.71. The fourth-order valence-electron chi connectivity index (χ4n) is 2.73. The summed E-state index contributed by atoms with van der Waals surface area (Å²) in [7, 11) is 0. The summed E-state index contributed by atoms with van der Waals surface area (Å²) in [5.41, 5.74) is 0. The number of imidazole rings is 1. The van der Waals surface area contributed by atoms with Gasteiger partial charge < -0.3 is 4.57 Å². The highest BCUT2D eigenvalue weighted by atomic mass is 15.0. The molecule has 2 nitrogen and oxygen atoms in total. The molecular weight excluding hydrogens is 184 g/mol. The Kier molecular flexibility index (Phi) is 3.45. The molecule has 84 valence electrons. The van der Waals surface area contributed by atoms with Gasteiger partial charge in [-0.1, -0.05) is 13.8 Å². The molecule has 2 rings (SSSR count). The molecule has 2 heteroatoms. The van der Waals surface area contributed by atoms with Gasteiger partial charge in [0.25, 0.3) is 0 Å². The summed E-state index contributed by atoms with van der Waals surface area (Å²) in [6.45, 7) is 5.90. The standard InChI is InChI=1S/C13H22N2/c1-11(2)13-5-3-12(4-6-13)9-15-8-7-14-10-15/h7-8,10-13H,3-6,9H2,1-2H3/t12-,13+. The second-order valence-electron chi connectivity index (χ2n) is 5.28. The highest BCUT2D eigenvalue weighted by Crippen LogP contribution is 2.33. The van der Waals surface area contributed by atoms with Crippen LogP contribution in [-0.4, -0.2) is 9.55 Å². The van der Waals surface area contributed by atoms with Crippen molar-refractivity contribution >= 4 is 0 Å². The fourth-order valence-corrected chi connectivity index (χ4v) is 2.73. The first-order valence-electron chi connectivity index (χ1n) is 6.21. The minimum Gasteiger partial charge on any atom is -0.337 e. The molecule has 0 unspecified atom stereocenters. The highest BCUT2D eigenvalue weighted by Gasteiger charge is 2.23. The second kappa shape index (κ2) is 4.82. The lowest BCUT2D eigenvalue weighted by molar-refractivity contribution is 0.209. The normalized spacial score (nSPS) is 27.1. The molecular formula is C13H22N2. The van der Waals surface area contributed by atoms with Gasteiger partial charge in [-0.15, -0.1) is 0 Å². The molecule has 1 aliphatic rings. The Balaban J connectivity index is 1.79. The molecule has 0 atom stereocenters. The van der Waals surface area contributed by atoms with E-state index in [-0.39, 0.29) is 0 Å². The van der Waals surface area contributed by atoms with E-state index in [1.807, 2.05) is 12.5 Å². The SMILES string of the molecule is CC(C)[C@H]1CC[C@@H](Cn2ccnc2)CC1. The predicted molar refractivity (Wildman–Crippen MR) is 62.5 cm³/mol. The van der Waals surface area contributed by atoms with Gasteiger partial charge in [-0.3, -0.25) is 0 Å². The first-order chi connectivity index (χ1) is 7.25. The quantitative estimate of drug-likeness (QED) is 0.741. The number of nitrogens with zero attached hydrogens (tertiary/aromatic N) is 2. The summed E-state index contributed by atoms with van der Waals surface area (Å²) in [6.07, 6.45) is 11.6. The monoisotopic (exact) mass is 206 g/mol. The fraction of sp³-hybridized carbons (Fsp3) is 0.769. The Morgan fingerprint density at radius 1 is 1.27 bits per heavy atom. The molecule has 0 N–H and O–H groups in total. The van der Waals surface area contributed by atoms with Gasteiger partial charge in [-0.2, -0.15) is 0 Å². The molecule has 15 heavy (non-hydrogen) atoms. The summed E-state index contributed by atoms with van der Waals surface area (Å²) in [6, 6.07) is 0. The van der Waals surface area contributed by atoms with E-state index in [0.29, 0.717) is 0 Å². The molecule has 1 saturated carbocycles. The Morgan fingerprint density at radius 3 is 2.53 bits per heavy atom. The van der Waals surface area contributed by atoms with Crippen molar-refractivity contribution in [2.24, 2.45) is 17.8 Å². The topological polar surface area (TPSA) is 17.8 Å². The second-order valence-corrected chi connectivity index (χ2v) is 5.28. The Bertz CT molecular complexity index is 269. The van der Waals surface area contributed by atoms with Gasteiger partial charge in [0.05, 0.1) is 6.33 Å². The van der Waals surface area contributed by atoms with Crippen molar-refractivity contribution in [3.05, 3.63) is 18.7 Å². The van der Waals surface area contributed by atoms with Gasteiger partial charge in [-0.05, 0) is 43.4 Å². The van der Waals surface area contributed by atoms with Gasteiger partial charge in [0.15, 0.2) is 0 Å². The van der Waals surface area contributed by atoms with Gasteiger partial charge in [0, 0.05) is 18.9 Å². The third kappa shape index (κ3) is 2.83. The Labute approximate surface area is 92.7 Å². The van der Waals surface area contributed by atoms with E-state index in [0.717, 1.165) is 17.8 Å². The smallest absolute Gasteiger partial charge is 0.0945 e. The van der Waals surface area contributed by atoms with E-state index in [1.54, 1.807) is 0 Å². The highest BCUT2D eigenvalue weighted by molar-refractivity contribution is 4.79. The van der Waals surface area contributed by atoms with Gasteiger partial charge >= 0.3 is 0 Å². The molecule has 0 aliphatic heterocycles. The minimum absolute atomic E-state index is 0.874. The molecule has 0 saturated heterocycles. The number of hydrogen-bond acceptors (Lipinski definition) is 1. The summed E-state index contributed by atoms with van der Waals surface area (Å²) >= 11 is 0. The summed E-state index contributed by atoms with van der Waals surface area (Å²) < 4.78 is 2.22. The lowest BCUT2D eigenvalue weighted by Crippen LogP contribution is -2.21. The van der Waals surface area contributed by atoms with E-state index in [9.17, 15) is 0 Å².